The molecule has 1 heterocycles. The fourth-order valence-electron chi connectivity index (χ4n) is 4.86. The van der Waals surface area contributed by atoms with Crippen molar-refractivity contribution in [1.82, 2.24) is 5.32 Å². The minimum atomic E-state index is -0.325. The average Bonchev–Trinajstić information content (AvgIpc) is 2.55. The number of ether oxygens (including phenoxy) is 1. The standard InChI is InChI=1S/C22H32BrNO3/c1-13(2)10-20(25)24-22(4)12-19(15-6-5-7-17(23)21(15)26)27-18-11-14(3)8-9-16(18)22/h5-7,13-14,16,18-19,26H,8-12H2,1-4H3,(H,24,25)/t14-,16-,18-,19-,22-/m0/s1. The number of para-hydroxylation sites is 1. The Balaban J connectivity index is 1.90. The number of carbonyl (C=O) groups excluding carboxylic acids is 1. The SMILES string of the molecule is CC(C)CC(=O)N[C@@]1(C)C[C@@H](c2cccc(Br)c2O)O[C@H]2C[C@@H](C)CC[C@@H]21. The summed E-state index contributed by atoms with van der Waals surface area (Å²) in [4.78, 5) is 12.6. The number of benzene rings is 1. The first-order valence-corrected chi connectivity index (χ1v) is 10.9. The van der Waals surface area contributed by atoms with Gasteiger partial charge in [0.1, 0.15) is 5.75 Å². The second-order valence-electron chi connectivity index (χ2n) is 9.13. The van der Waals surface area contributed by atoms with Gasteiger partial charge in [0.25, 0.3) is 0 Å². The molecule has 0 bridgehead atoms. The zero-order chi connectivity index (χ0) is 19.8. The highest BCUT2D eigenvalue weighted by Gasteiger charge is 2.49. The van der Waals surface area contributed by atoms with Crippen LogP contribution in [0.5, 0.6) is 5.75 Å². The molecule has 1 saturated heterocycles. The van der Waals surface area contributed by atoms with E-state index < -0.39 is 0 Å². The first-order chi connectivity index (χ1) is 12.7. The van der Waals surface area contributed by atoms with Crippen molar-refractivity contribution < 1.29 is 14.6 Å². The van der Waals surface area contributed by atoms with Crippen molar-refractivity contribution >= 4 is 21.8 Å². The van der Waals surface area contributed by atoms with E-state index in [1.54, 1.807) is 0 Å². The first-order valence-electron chi connectivity index (χ1n) is 10.1. The Kier molecular flexibility index (Phi) is 6.21. The summed E-state index contributed by atoms with van der Waals surface area (Å²) in [6.45, 7) is 8.58. The molecule has 1 aliphatic carbocycles. The molecular formula is C22H32BrNO3. The van der Waals surface area contributed by atoms with Crippen molar-refractivity contribution in [2.75, 3.05) is 0 Å². The monoisotopic (exact) mass is 437 g/mol. The van der Waals surface area contributed by atoms with Gasteiger partial charge in [0.05, 0.1) is 16.7 Å². The molecule has 2 N–H and O–H groups in total. The number of halogens is 1. The summed E-state index contributed by atoms with van der Waals surface area (Å²) in [5.74, 6) is 1.62. The highest BCUT2D eigenvalue weighted by molar-refractivity contribution is 9.10. The van der Waals surface area contributed by atoms with Gasteiger partial charge in [-0.3, -0.25) is 4.79 Å². The Labute approximate surface area is 171 Å². The number of amides is 1. The van der Waals surface area contributed by atoms with Gasteiger partial charge < -0.3 is 15.2 Å². The largest absolute Gasteiger partial charge is 0.506 e. The lowest BCUT2D eigenvalue weighted by atomic mass is 9.66. The maximum absolute atomic E-state index is 12.6. The number of phenols is 1. The van der Waals surface area contributed by atoms with Gasteiger partial charge in [-0.25, -0.2) is 0 Å². The molecule has 27 heavy (non-hydrogen) atoms. The lowest BCUT2D eigenvalue weighted by Gasteiger charge is -2.52. The van der Waals surface area contributed by atoms with E-state index in [1.807, 2.05) is 18.2 Å². The zero-order valence-corrected chi connectivity index (χ0v) is 18.4. The number of hydrogen-bond donors (Lipinski definition) is 2. The number of phenolic OH excluding ortho intramolecular Hbond substituents is 1. The van der Waals surface area contributed by atoms with Crippen molar-refractivity contribution in [2.45, 2.75) is 77.5 Å². The third-order valence-electron chi connectivity index (χ3n) is 6.20. The topological polar surface area (TPSA) is 58.6 Å². The van der Waals surface area contributed by atoms with E-state index in [2.05, 4.69) is 48.9 Å². The molecule has 0 aromatic heterocycles. The molecule has 0 spiro atoms. The van der Waals surface area contributed by atoms with E-state index in [4.69, 9.17) is 4.74 Å². The summed E-state index contributed by atoms with van der Waals surface area (Å²) in [5.41, 5.74) is 0.472. The molecule has 4 nitrogen and oxygen atoms in total. The highest BCUT2D eigenvalue weighted by atomic mass is 79.9. The number of hydrogen-bond acceptors (Lipinski definition) is 3. The van der Waals surface area contributed by atoms with E-state index in [9.17, 15) is 9.90 Å². The molecule has 2 aliphatic rings. The highest BCUT2D eigenvalue weighted by Crippen LogP contribution is 2.49. The molecule has 0 unspecified atom stereocenters. The van der Waals surface area contributed by atoms with Gasteiger partial charge in [-0.1, -0.05) is 39.3 Å². The Morgan fingerprint density at radius 1 is 1.41 bits per heavy atom. The molecule has 150 valence electrons. The molecule has 1 aromatic rings. The second-order valence-corrected chi connectivity index (χ2v) is 9.99. The van der Waals surface area contributed by atoms with Gasteiger partial charge in [-0.2, -0.15) is 0 Å². The van der Waals surface area contributed by atoms with E-state index in [-0.39, 0.29) is 29.4 Å². The summed E-state index contributed by atoms with van der Waals surface area (Å²) < 4.78 is 7.18. The van der Waals surface area contributed by atoms with Crippen LogP contribution in [0.3, 0.4) is 0 Å². The van der Waals surface area contributed by atoms with Crippen molar-refractivity contribution in [2.24, 2.45) is 17.8 Å². The summed E-state index contributed by atoms with van der Waals surface area (Å²) in [6.07, 6.45) is 4.35. The van der Waals surface area contributed by atoms with Crippen LogP contribution in [-0.2, 0) is 9.53 Å². The predicted molar refractivity (Wildman–Crippen MR) is 111 cm³/mol. The van der Waals surface area contributed by atoms with Crippen LogP contribution < -0.4 is 5.32 Å². The fourth-order valence-corrected chi connectivity index (χ4v) is 5.24. The number of aromatic hydroxyl groups is 1. The molecule has 1 amide bonds. The lowest BCUT2D eigenvalue weighted by molar-refractivity contribution is -0.154. The van der Waals surface area contributed by atoms with Crippen LogP contribution in [0, 0.1) is 17.8 Å². The van der Waals surface area contributed by atoms with Gasteiger partial charge in [-0.05, 0) is 53.6 Å². The van der Waals surface area contributed by atoms with Gasteiger partial charge in [-0.15, -0.1) is 0 Å². The molecule has 2 fully saturated rings. The van der Waals surface area contributed by atoms with Crippen LogP contribution in [0.2, 0.25) is 0 Å². The van der Waals surface area contributed by atoms with E-state index in [1.165, 1.54) is 6.42 Å². The van der Waals surface area contributed by atoms with Crippen LogP contribution in [0.15, 0.2) is 22.7 Å². The molecule has 1 saturated carbocycles. The van der Waals surface area contributed by atoms with Crippen LogP contribution in [-0.4, -0.2) is 22.7 Å². The van der Waals surface area contributed by atoms with E-state index in [0.717, 1.165) is 18.4 Å². The summed E-state index contributed by atoms with van der Waals surface area (Å²) >= 11 is 3.41. The molecule has 5 atom stereocenters. The summed E-state index contributed by atoms with van der Waals surface area (Å²) in [5, 5.41) is 13.9. The zero-order valence-electron chi connectivity index (χ0n) is 16.8. The Bertz CT molecular complexity index is 692. The number of rotatable bonds is 4. The van der Waals surface area contributed by atoms with Gasteiger partial charge in [0.15, 0.2) is 0 Å². The number of carbonyl (C=O) groups is 1. The smallest absolute Gasteiger partial charge is 0.220 e. The maximum Gasteiger partial charge on any atom is 0.220 e. The first kappa shape index (κ1) is 20.7. The molecule has 0 radical (unpaired) electrons. The van der Waals surface area contributed by atoms with E-state index >= 15 is 0 Å². The van der Waals surface area contributed by atoms with Crippen molar-refractivity contribution in [3.8, 4) is 5.75 Å². The minimum absolute atomic E-state index is 0.107. The van der Waals surface area contributed by atoms with Crippen LogP contribution in [0.25, 0.3) is 0 Å². The molecular weight excluding hydrogens is 406 g/mol. The molecule has 1 aromatic carbocycles. The Morgan fingerprint density at radius 2 is 2.15 bits per heavy atom. The maximum atomic E-state index is 12.6. The van der Waals surface area contributed by atoms with Gasteiger partial charge in [0.2, 0.25) is 5.91 Å². The molecule has 1 aliphatic heterocycles. The van der Waals surface area contributed by atoms with Crippen LogP contribution in [0.4, 0.5) is 0 Å². The summed E-state index contributed by atoms with van der Waals surface area (Å²) in [6, 6.07) is 5.68. The number of nitrogens with one attached hydrogen (secondary N) is 1. The Morgan fingerprint density at radius 3 is 2.85 bits per heavy atom. The lowest BCUT2D eigenvalue weighted by Crippen LogP contribution is -2.60. The van der Waals surface area contributed by atoms with Gasteiger partial charge in [0, 0.05) is 29.9 Å². The fraction of sp³-hybridized carbons (Fsp3) is 0.682. The van der Waals surface area contributed by atoms with Crippen LogP contribution >= 0.6 is 15.9 Å². The quantitative estimate of drug-likeness (QED) is 0.667. The van der Waals surface area contributed by atoms with Crippen LogP contribution in [0.1, 0.15) is 71.5 Å². The normalized spacial score (nSPS) is 33.6. The van der Waals surface area contributed by atoms with E-state index in [0.29, 0.717) is 35.1 Å². The molecule has 3 rings (SSSR count). The van der Waals surface area contributed by atoms with Crippen molar-refractivity contribution in [3.63, 3.8) is 0 Å². The third kappa shape index (κ3) is 4.51. The minimum Gasteiger partial charge on any atom is -0.506 e. The summed E-state index contributed by atoms with van der Waals surface area (Å²) in [7, 11) is 0. The third-order valence-corrected chi connectivity index (χ3v) is 6.84. The number of fused-ring (bicyclic) bond motifs is 1. The predicted octanol–water partition coefficient (Wildman–Crippen LogP) is 5.34. The Hall–Kier alpha value is -1.07. The average molecular weight is 438 g/mol. The van der Waals surface area contributed by atoms with Crippen molar-refractivity contribution in [3.05, 3.63) is 28.2 Å². The van der Waals surface area contributed by atoms with Gasteiger partial charge >= 0.3 is 0 Å². The second kappa shape index (κ2) is 8.12. The molecule has 5 heteroatoms. The van der Waals surface area contributed by atoms with Crippen molar-refractivity contribution in [1.29, 1.82) is 0 Å².